The van der Waals surface area contributed by atoms with E-state index in [0.717, 1.165) is 24.0 Å². The van der Waals surface area contributed by atoms with E-state index in [0.29, 0.717) is 6.04 Å². The van der Waals surface area contributed by atoms with Crippen molar-refractivity contribution in [3.05, 3.63) is 22.9 Å². The predicted octanol–water partition coefficient (Wildman–Crippen LogP) is 5.30. The van der Waals surface area contributed by atoms with Gasteiger partial charge >= 0.3 is 0 Å². The van der Waals surface area contributed by atoms with Crippen LogP contribution in [0.4, 0.5) is 0 Å². The van der Waals surface area contributed by atoms with Gasteiger partial charge in [-0.2, -0.15) is 0 Å². The maximum absolute atomic E-state index is 5.54. The molecule has 1 fully saturated rings. The summed E-state index contributed by atoms with van der Waals surface area (Å²) in [7, 11) is 1.71. The van der Waals surface area contributed by atoms with Crippen LogP contribution in [0.2, 0.25) is 0 Å². The fourth-order valence-electron chi connectivity index (χ4n) is 4.73. The Bertz CT molecular complexity index is 633. The van der Waals surface area contributed by atoms with Gasteiger partial charge in [0, 0.05) is 34.9 Å². The van der Waals surface area contributed by atoms with Gasteiger partial charge in [-0.05, 0) is 85.3 Å². The molecule has 1 aliphatic rings. The van der Waals surface area contributed by atoms with Crippen molar-refractivity contribution in [2.75, 3.05) is 7.11 Å². The highest BCUT2D eigenvalue weighted by molar-refractivity contribution is 5.35. The van der Waals surface area contributed by atoms with Gasteiger partial charge < -0.3 is 15.4 Å². The molecule has 4 heteroatoms. The number of hydrogen-bond donors (Lipinski definition) is 2. The summed E-state index contributed by atoms with van der Waals surface area (Å²) < 4.78 is 5.54. The Labute approximate surface area is 173 Å². The lowest BCUT2D eigenvalue weighted by atomic mass is 9.84. The summed E-state index contributed by atoms with van der Waals surface area (Å²) in [6.45, 7) is 16.5. The number of methoxy groups -OCH3 is 1. The van der Waals surface area contributed by atoms with Crippen molar-refractivity contribution >= 4 is 0 Å². The maximum Gasteiger partial charge on any atom is 0.218 e. The SMILES string of the molecule is COc1nc(C)cc(C)c1CNC(C)(C)CC1CCCCC(NC(C)(C)C)C1. The zero-order valence-corrected chi connectivity index (χ0v) is 19.5. The largest absolute Gasteiger partial charge is 0.481 e. The highest BCUT2D eigenvalue weighted by Gasteiger charge is 2.28. The molecule has 0 saturated heterocycles. The first-order valence-corrected chi connectivity index (χ1v) is 11.0. The minimum atomic E-state index is 0.0869. The summed E-state index contributed by atoms with van der Waals surface area (Å²) in [6.07, 6.45) is 7.86. The molecule has 0 radical (unpaired) electrons. The summed E-state index contributed by atoms with van der Waals surface area (Å²) in [5.74, 6) is 1.52. The number of hydrogen-bond acceptors (Lipinski definition) is 4. The first-order valence-electron chi connectivity index (χ1n) is 11.0. The fourth-order valence-corrected chi connectivity index (χ4v) is 4.73. The van der Waals surface area contributed by atoms with Gasteiger partial charge in [0.15, 0.2) is 0 Å². The molecule has 1 saturated carbocycles. The van der Waals surface area contributed by atoms with Crippen molar-refractivity contribution in [3.8, 4) is 5.88 Å². The Kier molecular flexibility index (Phi) is 7.92. The average molecular weight is 390 g/mol. The lowest BCUT2D eigenvalue weighted by Gasteiger charge is -2.34. The molecule has 0 aliphatic heterocycles. The second-order valence-corrected chi connectivity index (χ2v) is 10.5. The monoisotopic (exact) mass is 389 g/mol. The third-order valence-electron chi connectivity index (χ3n) is 5.84. The molecule has 1 aliphatic carbocycles. The zero-order chi connectivity index (χ0) is 20.9. The van der Waals surface area contributed by atoms with E-state index in [1.54, 1.807) is 7.11 Å². The molecular weight excluding hydrogens is 346 g/mol. The van der Waals surface area contributed by atoms with Crippen LogP contribution in [0.5, 0.6) is 5.88 Å². The number of aryl methyl sites for hydroxylation is 2. The van der Waals surface area contributed by atoms with E-state index in [4.69, 9.17) is 4.74 Å². The van der Waals surface area contributed by atoms with Crippen LogP contribution in [-0.4, -0.2) is 29.2 Å². The van der Waals surface area contributed by atoms with E-state index in [2.05, 4.69) is 63.2 Å². The van der Waals surface area contributed by atoms with E-state index in [1.807, 2.05) is 6.92 Å². The topological polar surface area (TPSA) is 46.2 Å². The van der Waals surface area contributed by atoms with Gasteiger partial charge in [-0.3, -0.25) is 0 Å². The smallest absolute Gasteiger partial charge is 0.218 e. The lowest BCUT2D eigenvalue weighted by molar-refractivity contribution is 0.247. The Balaban J connectivity index is 1.99. The summed E-state index contributed by atoms with van der Waals surface area (Å²) >= 11 is 0. The minimum absolute atomic E-state index is 0.0869. The number of pyridine rings is 1. The Morgan fingerprint density at radius 1 is 1.11 bits per heavy atom. The van der Waals surface area contributed by atoms with Gasteiger partial charge in [0.25, 0.3) is 0 Å². The van der Waals surface area contributed by atoms with Crippen LogP contribution in [0.15, 0.2) is 6.07 Å². The van der Waals surface area contributed by atoms with Gasteiger partial charge in [-0.1, -0.05) is 19.3 Å². The predicted molar refractivity (Wildman–Crippen MR) is 119 cm³/mol. The van der Waals surface area contributed by atoms with Crippen LogP contribution in [-0.2, 0) is 6.54 Å². The van der Waals surface area contributed by atoms with Gasteiger partial charge in [-0.15, -0.1) is 0 Å². The van der Waals surface area contributed by atoms with Crippen LogP contribution in [0.25, 0.3) is 0 Å². The maximum atomic E-state index is 5.54. The molecule has 2 unspecified atom stereocenters. The second-order valence-electron chi connectivity index (χ2n) is 10.5. The second kappa shape index (κ2) is 9.58. The van der Waals surface area contributed by atoms with Crippen molar-refractivity contribution in [2.45, 2.75) is 111 Å². The fraction of sp³-hybridized carbons (Fsp3) is 0.792. The molecule has 28 heavy (non-hydrogen) atoms. The molecule has 1 heterocycles. The Hall–Kier alpha value is -1.13. The molecule has 2 atom stereocenters. The molecule has 1 aromatic heterocycles. The molecular formula is C24H43N3O. The highest BCUT2D eigenvalue weighted by atomic mass is 16.5. The first-order chi connectivity index (χ1) is 13.0. The van der Waals surface area contributed by atoms with Gasteiger partial charge in [0.1, 0.15) is 0 Å². The molecule has 160 valence electrons. The normalized spacial score (nSPS) is 21.4. The Morgan fingerprint density at radius 2 is 1.79 bits per heavy atom. The quantitative estimate of drug-likeness (QED) is 0.621. The lowest BCUT2D eigenvalue weighted by Crippen LogP contribution is -2.45. The Morgan fingerprint density at radius 3 is 2.43 bits per heavy atom. The number of nitrogens with one attached hydrogen (secondary N) is 2. The van der Waals surface area contributed by atoms with Gasteiger partial charge in [0.05, 0.1) is 7.11 Å². The zero-order valence-electron chi connectivity index (χ0n) is 19.5. The molecule has 0 amide bonds. The minimum Gasteiger partial charge on any atom is -0.481 e. The van der Waals surface area contributed by atoms with Crippen LogP contribution >= 0.6 is 0 Å². The van der Waals surface area contributed by atoms with Crippen molar-refractivity contribution in [1.29, 1.82) is 0 Å². The summed E-state index contributed by atoms with van der Waals surface area (Å²) in [6, 6.07) is 2.78. The molecule has 1 aromatic rings. The summed E-state index contributed by atoms with van der Waals surface area (Å²) in [5, 5.41) is 7.65. The van der Waals surface area contributed by atoms with E-state index >= 15 is 0 Å². The van der Waals surface area contributed by atoms with Crippen molar-refractivity contribution < 1.29 is 4.74 Å². The van der Waals surface area contributed by atoms with E-state index in [-0.39, 0.29) is 11.1 Å². The third-order valence-corrected chi connectivity index (χ3v) is 5.84. The first kappa shape index (κ1) is 23.2. The van der Waals surface area contributed by atoms with Crippen LogP contribution in [0.3, 0.4) is 0 Å². The van der Waals surface area contributed by atoms with Crippen LogP contribution in [0, 0.1) is 19.8 Å². The van der Waals surface area contributed by atoms with Gasteiger partial charge in [-0.25, -0.2) is 4.98 Å². The van der Waals surface area contributed by atoms with Gasteiger partial charge in [0.2, 0.25) is 5.88 Å². The standard InChI is InChI=1S/C24H43N3O/c1-17-13-18(2)26-22(28-8)21(17)16-25-24(6,7)15-19-11-9-10-12-20(14-19)27-23(3,4)5/h13,19-20,25,27H,9-12,14-16H2,1-8H3. The van der Waals surface area contributed by atoms with E-state index in [9.17, 15) is 0 Å². The molecule has 4 nitrogen and oxygen atoms in total. The number of ether oxygens (including phenoxy) is 1. The summed E-state index contributed by atoms with van der Waals surface area (Å²) in [5.41, 5.74) is 3.71. The van der Waals surface area contributed by atoms with Crippen LogP contribution < -0.4 is 15.4 Å². The average Bonchev–Trinajstić information content (AvgIpc) is 2.75. The van der Waals surface area contributed by atoms with E-state index < -0.39 is 0 Å². The molecule has 0 aromatic carbocycles. The highest BCUT2D eigenvalue weighted by Crippen LogP contribution is 2.31. The number of rotatable bonds is 7. The molecule has 0 bridgehead atoms. The summed E-state index contributed by atoms with van der Waals surface area (Å²) in [4.78, 5) is 4.55. The van der Waals surface area contributed by atoms with Crippen molar-refractivity contribution in [3.63, 3.8) is 0 Å². The molecule has 2 N–H and O–H groups in total. The number of nitrogens with zero attached hydrogens (tertiary/aromatic N) is 1. The number of aromatic nitrogens is 1. The van der Waals surface area contributed by atoms with Crippen molar-refractivity contribution in [1.82, 2.24) is 15.6 Å². The van der Waals surface area contributed by atoms with Crippen LogP contribution in [0.1, 0.15) is 90.0 Å². The van der Waals surface area contributed by atoms with E-state index in [1.165, 1.54) is 49.7 Å². The third kappa shape index (κ3) is 7.36. The van der Waals surface area contributed by atoms with Crippen molar-refractivity contribution in [2.24, 2.45) is 5.92 Å². The molecule has 2 rings (SSSR count). The molecule has 0 spiro atoms.